The standard InChI is InChI=1S/C11H11BrFN3/c1-16(2)11-7-3-6(13)4-9(14)10(7)8(12)5-15-11/h3-5H,14H2,1-2H3. The van der Waals surface area contributed by atoms with Crippen molar-refractivity contribution in [3.8, 4) is 0 Å². The molecular formula is C11H11BrFN3. The van der Waals surface area contributed by atoms with Gasteiger partial charge in [-0.1, -0.05) is 0 Å². The highest BCUT2D eigenvalue weighted by Crippen LogP contribution is 2.34. The molecule has 2 aromatic rings. The molecule has 2 rings (SSSR count). The highest BCUT2D eigenvalue weighted by Gasteiger charge is 2.11. The fourth-order valence-electron chi connectivity index (χ4n) is 1.68. The number of fused-ring (bicyclic) bond motifs is 1. The van der Waals surface area contributed by atoms with Crippen LogP contribution in [0.2, 0.25) is 0 Å². The van der Waals surface area contributed by atoms with Crippen molar-refractivity contribution in [3.63, 3.8) is 0 Å². The van der Waals surface area contributed by atoms with Crippen LogP contribution >= 0.6 is 15.9 Å². The van der Waals surface area contributed by atoms with Gasteiger partial charge in [0, 0.05) is 41.2 Å². The molecule has 0 fully saturated rings. The Morgan fingerprint density at radius 1 is 1.38 bits per heavy atom. The summed E-state index contributed by atoms with van der Waals surface area (Å²) in [4.78, 5) is 6.07. The third-order valence-electron chi connectivity index (χ3n) is 2.34. The molecule has 1 aromatic carbocycles. The van der Waals surface area contributed by atoms with Crippen molar-refractivity contribution in [1.29, 1.82) is 0 Å². The maximum absolute atomic E-state index is 13.3. The molecule has 84 valence electrons. The van der Waals surface area contributed by atoms with Crippen LogP contribution in [-0.4, -0.2) is 19.1 Å². The Balaban J connectivity index is 2.92. The van der Waals surface area contributed by atoms with E-state index in [1.165, 1.54) is 12.1 Å². The first-order chi connectivity index (χ1) is 7.50. The van der Waals surface area contributed by atoms with Crippen molar-refractivity contribution in [3.05, 3.63) is 28.6 Å². The SMILES string of the molecule is CN(C)c1ncc(Br)c2c(N)cc(F)cc12. The van der Waals surface area contributed by atoms with Gasteiger partial charge >= 0.3 is 0 Å². The number of pyridine rings is 1. The average molecular weight is 284 g/mol. The number of benzene rings is 1. The van der Waals surface area contributed by atoms with Crippen molar-refractivity contribution >= 4 is 38.2 Å². The largest absolute Gasteiger partial charge is 0.398 e. The quantitative estimate of drug-likeness (QED) is 0.819. The van der Waals surface area contributed by atoms with Crippen LogP contribution in [0.3, 0.4) is 0 Å². The van der Waals surface area contributed by atoms with Gasteiger partial charge in [0.15, 0.2) is 0 Å². The van der Waals surface area contributed by atoms with E-state index >= 15 is 0 Å². The zero-order chi connectivity index (χ0) is 11.9. The molecule has 5 heteroatoms. The van der Waals surface area contributed by atoms with Crippen molar-refractivity contribution in [2.45, 2.75) is 0 Å². The molecule has 0 bridgehead atoms. The molecule has 2 N–H and O–H groups in total. The summed E-state index contributed by atoms with van der Waals surface area (Å²) in [6.45, 7) is 0. The van der Waals surface area contributed by atoms with Gasteiger partial charge in [-0.25, -0.2) is 9.37 Å². The minimum Gasteiger partial charge on any atom is -0.398 e. The van der Waals surface area contributed by atoms with Gasteiger partial charge < -0.3 is 10.6 Å². The van der Waals surface area contributed by atoms with Crippen LogP contribution in [0.4, 0.5) is 15.9 Å². The lowest BCUT2D eigenvalue weighted by Gasteiger charge is -2.15. The summed E-state index contributed by atoms with van der Waals surface area (Å²) in [6.07, 6.45) is 1.67. The minimum atomic E-state index is -0.354. The van der Waals surface area contributed by atoms with Crippen LogP contribution in [0.25, 0.3) is 10.8 Å². The highest BCUT2D eigenvalue weighted by atomic mass is 79.9. The fourth-order valence-corrected chi connectivity index (χ4v) is 2.22. The Hall–Kier alpha value is -1.36. The maximum atomic E-state index is 13.3. The molecule has 3 nitrogen and oxygen atoms in total. The molecule has 0 aliphatic rings. The predicted octanol–water partition coefficient (Wildman–Crippen LogP) is 2.78. The van der Waals surface area contributed by atoms with Gasteiger partial charge in [0.1, 0.15) is 11.6 Å². The zero-order valence-corrected chi connectivity index (χ0v) is 10.5. The minimum absolute atomic E-state index is 0.354. The van der Waals surface area contributed by atoms with Gasteiger partial charge in [-0.05, 0) is 28.1 Å². The maximum Gasteiger partial charge on any atom is 0.136 e. The first kappa shape index (κ1) is 11.1. The first-order valence-electron chi connectivity index (χ1n) is 4.71. The molecule has 0 unspecified atom stereocenters. The molecule has 0 saturated heterocycles. The van der Waals surface area contributed by atoms with Crippen molar-refractivity contribution in [2.75, 3.05) is 24.7 Å². The molecule has 0 atom stereocenters. The Morgan fingerprint density at radius 3 is 2.69 bits per heavy atom. The van der Waals surface area contributed by atoms with E-state index in [1.807, 2.05) is 19.0 Å². The zero-order valence-electron chi connectivity index (χ0n) is 8.96. The number of hydrogen-bond donors (Lipinski definition) is 1. The van der Waals surface area contributed by atoms with E-state index in [1.54, 1.807) is 6.20 Å². The summed E-state index contributed by atoms with van der Waals surface area (Å²) in [5, 5.41) is 1.50. The lowest BCUT2D eigenvalue weighted by Crippen LogP contribution is -2.11. The molecular weight excluding hydrogens is 273 g/mol. The number of nitrogen functional groups attached to an aromatic ring is 1. The molecule has 0 saturated carbocycles. The van der Waals surface area contributed by atoms with E-state index in [2.05, 4.69) is 20.9 Å². The fraction of sp³-hybridized carbons (Fsp3) is 0.182. The van der Waals surface area contributed by atoms with E-state index in [4.69, 9.17) is 5.73 Å². The van der Waals surface area contributed by atoms with Crippen molar-refractivity contribution in [2.24, 2.45) is 0 Å². The lowest BCUT2D eigenvalue weighted by molar-refractivity contribution is 0.630. The Bertz CT molecular complexity index is 554. The third-order valence-corrected chi connectivity index (χ3v) is 2.94. The molecule has 16 heavy (non-hydrogen) atoms. The average Bonchev–Trinajstić information content (AvgIpc) is 2.15. The summed E-state index contributed by atoms with van der Waals surface area (Å²) < 4.78 is 14.1. The predicted molar refractivity (Wildman–Crippen MR) is 68.1 cm³/mol. The van der Waals surface area contributed by atoms with Crippen LogP contribution in [0.1, 0.15) is 0 Å². The van der Waals surface area contributed by atoms with E-state index in [0.717, 1.165) is 9.86 Å². The number of nitrogens with zero attached hydrogens (tertiary/aromatic N) is 2. The Morgan fingerprint density at radius 2 is 2.06 bits per heavy atom. The summed E-state index contributed by atoms with van der Waals surface area (Å²) in [7, 11) is 3.72. The number of nitrogens with two attached hydrogens (primary N) is 1. The summed E-state index contributed by atoms with van der Waals surface area (Å²) in [6, 6.07) is 2.76. The second-order valence-electron chi connectivity index (χ2n) is 3.74. The molecule has 0 spiro atoms. The number of rotatable bonds is 1. The third kappa shape index (κ3) is 1.71. The van der Waals surface area contributed by atoms with Crippen LogP contribution in [0, 0.1) is 5.82 Å². The number of anilines is 2. The number of aromatic nitrogens is 1. The number of hydrogen-bond acceptors (Lipinski definition) is 3. The van der Waals surface area contributed by atoms with Crippen LogP contribution < -0.4 is 10.6 Å². The monoisotopic (exact) mass is 283 g/mol. The van der Waals surface area contributed by atoms with E-state index in [9.17, 15) is 4.39 Å². The molecule has 1 aromatic heterocycles. The van der Waals surface area contributed by atoms with E-state index in [-0.39, 0.29) is 5.82 Å². The van der Waals surface area contributed by atoms with Gasteiger partial charge in [-0.2, -0.15) is 0 Å². The van der Waals surface area contributed by atoms with Crippen LogP contribution in [0.5, 0.6) is 0 Å². The second-order valence-corrected chi connectivity index (χ2v) is 4.60. The van der Waals surface area contributed by atoms with Crippen LogP contribution in [-0.2, 0) is 0 Å². The molecule has 0 aliphatic carbocycles. The van der Waals surface area contributed by atoms with Gasteiger partial charge in [0.25, 0.3) is 0 Å². The van der Waals surface area contributed by atoms with Crippen molar-refractivity contribution in [1.82, 2.24) is 4.98 Å². The Labute approximate surface area is 101 Å². The number of halogens is 2. The molecule has 0 aliphatic heterocycles. The summed E-state index contributed by atoms with van der Waals surface area (Å²) in [5.41, 5.74) is 6.22. The molecule has 0 amide bonds. The van der Waals surface area contributed by atoms with Gasteiger partial charge in [0.05, 0.1) is 0 Å². The Kier molecular flexibility index (Phi) is 2.71. The van der Waals surface area contributed by atoms with Crippen LogP contribution in [0.15, 0.2) is 22.8 Å². The normalized spacial score (nSPS) is 10.8. The summed E-state index contributed by atoms with van der Waals surface area (Å²) in [5.74, 6) is 0.345. The highest BCUT2D eigenvalue weighted by molar-refractivity contribution is 9.10. The summed E-state index contributed by atoms with van der Waals surface area (Å²) >= 11 is 3.37. The van der Waals surface area contributed by atoms with Crippen molar-refractivity contribution < 1.29 is 4.39 Å². The second kappa shape index (κ2) is 3.90. The first-order valence-corrected chi connectivity index (χ1v) is 5.50. The van der Waals surface area contributed by atoms with Gasteiger partial charge in [-0.15, -0.1) is 0 Å². The van der Waals surface area contributed by atoms with Gasteiger partial charge in [0.2, 0.25) is 0 Å². The smallest absolute Gasteiger partial charge is 0.136 e. The lowest BCUT2D eigenvalue weighted by atomic mass is 10.1. The molecule has 0 radical (unpaired) electrons. The van der Waals surface area contributed by atoms with E-state index in [0.29, 0.717) is 16.9 Å². The topological polar surface area (TPSA) is 42.2 Å². The van der Waals surface area contributed by atoms with Gasteiger partial charge in [-0.3, -0.25) is 0 Å². The van der Waals surface area contributed by atoms with E-state index < -0.39 is 0 Å². The molecule has 1 heterocycles.